The molecule has 1 amide bonds. The molecule has 144 valence electrons. The number of para-hydroxylation sites is 2. The summed E-state index contributed by atoms with van der Waals surface area (Å²) in [5, 5.41) is 10.6. The van der Waals surface area contributed by atoms with E-state index in [0.29, 0.717) is 17.2 Å². The standard InChI is InChI=1S/C22H16FN3O3/c23-17-11-5-6-12-18(17)24-20(27)14-28-19-13-7-4-10-16(19)22-26-25-21(29-22)15-8-2-1-3-9-15/h1-13H,14H2,(H,24,27). The van der Waals surface area contributed by atoms with Crippen molar-refractivity contribution in [1.82, 2.24) is 10.2 Å². The first-order valence-corrected chi connectivity index (χ1v) is 8.86. The van der Waals surface area contributed by atoms with Crippen molar-refractivity contribution in [2.75, 3.05) is 11.9 Å². The Bertz CT molecular complexity index is 1130. The third kappa shape index (κ3) is 4.30. The van der Waals surface area contributed by atoms with E-state index >= 15 is 0 Å². The summed E-state index contributed by atoms with van der Waals surface area (Å²) in [6, 6.07) is 22.3. The van der Waals surface area contributed by atoms with E-state index in [1.54, 1.807) is 36.4 Å². The van der Waals surface area contributed by atoms with Gasteiger partial charge in [0.1, 0.15) is 11.6 Å². The van der Waals surface area contributed by atoms with Crippen molar-refractivity contribution in [1.29, 1.82) is 0 Å². The van der Waals surface area contributed by atoms with Crippen LogP contribution in [0.25, 0.3) is 22.9 Å². The van der Waals surface area contributed by atoms with Gasteiger partial charge in [0.05, 0.1) is 11.3 Å². The molecule has 0 saturated heterocycles. The van der Waals surface area contributed by atoms with Crippen LogP contribution < -0.4 is 10.1 Å². The lowest BCUT2D eigenvalue weighted by Gasteiger charge is -2.10. The summed E-state index contributed by atoms with van der Waals surface area (Å²) in [7, 11) is 0. The number of nitrogens with one attached hydrogen (secondary N) is 1. The van der Waals surface area contributed by atoms with Gasteiger partial charge in [-0.2, -0.15) is 0 Å². The molecule has 0 aliphatic rings. The summed E-state index contributed by atoms with van der Waals surface area (Å²) in [4.78, 5) is 12.1. The van der Waals surface area contributed by atoms with Gasteiger partial charge >= 0.3 is 0 Å². The van der Waals surface area contributed by atoms with Crippen LogP contribution in [-0.2, 0) is 4.79 Å². The number of anilines is 1. The van der Waals surface area contributed by atoms with E-state index in [1.165, 1.54) is 12.1 Å². The van der Waals surface area contributed by atoms with E-state index in [4.69, 9.17) is 9.15 Å². The molecule has 6 nitrogen and oxygen atoms in total. The fourth-order valence-corrected chi connectivity index (χ4v) is 2.69. The minimum Gasteiger partial charge on any atom is -0.483 e. The summed E-state index contributed by atoms with van der Waals surface area (Å²) in [6.45, 7) is -0.301. The Morgan fingerprint density at radius 1 is 0.897 bits per heavy atom. The maximum Gasteiger partial charge on any atom is 0.262 e. The summed E-state index contributed by atoms with van der Waals surface area (Å²) in [5.74, 6) is 0.0575. The van der Waals surface area contributed by atoms with Crippen molar-refractivity contribution in [3.63, 3.8) is 0 Å². The lowest BCUT2D eigenvalue weighted by atomic mass is 10.2. The predicted molar refractivity (Wildman–Crippen MR) is 106 cm³/mol. The second-order valence-corrected chi connectivity index (χ2v) is 6.09. The molecule has 1 heterocycles. The molecule has 0 aliphatic carbocycles. The highest BCUT2D eigenvalue weighted by atomic mass is 19.1. The first-order valence-electron chi connectivity index (χ1n) is 8.86. The Kier molecular flexibility index (Phi) is 5.29. The van der Waals surface area contributed by atoms with Crippen LogP contribution in [0.3, 0.4) is 0 Å². The number of halogens is 1. The minimum atomic E-state index is -0.513. The number of hydrogen-bond donors (Lipinski definition) is 1. The van der Waals surface area contributed by atoms with Gasteiger partial charge in [0.2, 0.25) is 5.89 Å². The number of rotatable bonds is 6. The van der Waals surface area contributed by atoms with Gasteiger partial charge in [-0.25, -0.2) is 4.39 Å². The SMILES string of the molecule is O=C(COc1ccccc1-c1nnc(-c2ccccc2)o1)Nc1ccccc1F. The summed E-state index contributed by atoms with van der Waals surface area (Å²) >= 11 is 0. The maximum atomic E-state index is 13.7. The van der Waals surface area contributed by atoms with Crippen LogP contribution in [0.4, 0.5) is 10.1 Å². The van der Waals surface area contributed by atoms with Gasteiger partial charge in [-0.15, -0.1) is 10.2 Å². The Balaban J connectivity index is 1.48. The number of amides is 1. The third-order valence-electron chi connectivity index (χ3n) is 4.07. The number of carbonyl (C=O) groups excluding carboxylic acids is 1. The van der Waals surface area contributed by atoms with E-state index in [-0.39, 0.29) is 18.2 Å². The van der Waals surface area contributed by atoms with E-state index in [0.717, 1.165) is 5.56 Å². The highest BCUT2D eigenvalue weighted by Gasteiger charge is 2.15. The first kappa shape index (κ1) is 18.4. The number of benzene rings is 3. The average Bonchev–Trinajstić information content (AvgIpc) is 3.25. The summed E-state index contributed by atoms with van der Waals surface area (Å²) in [6.07, 6.45) is 0. The van der Waals surface area contributed by atoms with Crippen LogP contribution in [0.1, 0.15) is 0 Å². The van der Waals surface area contributed by atoms with Crippen LogP contribution >= 0.6 is 0 Å². The van der Waals surface area contributed by atoms with Crippen molar-refractivity contribution in [2.24, 2.45) is 0 Å². The Labute approximate surface area is 166 Å². The molecule has 0 fully saturated rings. The van der Waals surface area contributed by atoms with E-state index in [1.807, 2.05) is 30.3 Å². The zero-order valence-corrected chi connectivity index (χ0v) is 15.2. The summed E-state index contributed by atoms with van der Waals surface area (Å²) < 4.78 is 25.0. The highest BCUT2D eigenvalue weighted by molar-refractivity contribution is 5.92. The van der Waals surface area contributed by atoms with Crippen molar-refractivity contribution in [3.8, 4) is 28.7 Å². The molecule has 0 saturated carbocycles. The molecule has 4 rings (SSSR count). The number of nitrogens with zero attached hydrogens (tertiary/aromatic N) is 2. The fourth-order valence-electron chi connectivity index (χ4n) is 2.69. The minimum absolute atomic E-state index is 0.0961. The third-order valence-corrected chi connectivity index (χ3v) is 4.07. The molecule has 7 heteroatoms. The van der Waals surface area contributed by atoms with Crippen LogP contribution in [0.2, 0.25) is 0 Å². The number of aromatic nitrogens is 2. The molecule has 1 aromatic heterocycles. The molecule has 1 N–H and O–H groups in total. The average molecular weight is 389 g/mol. The van der Waals surface area contributed by atoms with Gasteiger partial charge in [-0.3, -0.25) is 4.79 Å². The van der Waals surface area contributed by atoms with Crippen molar-refractivity contribution in [3.05, 3.63) is 84.7 Å². The second kappa shape index (κ2) is 8.35. The quantitative estimate of drug-likeness (QED) is 0.523. The van der Waals surface area contributed by atoms with E-state index < -0.39 is 11.7 Å². The van der Waals surface area contributed by atoms with Crippen molar-refractivity contribution >= 4 is 11.6 Å². The normalized spacial score (nSPS) is 10.5. The zero-order chi connectivity index (χ0) is 20.1. The smallest absolute Gasteiger partial charge is 0.262 e. The molecule has 0 aliphatic heterocycles. The lowest BCUT2D eigenvalue weighted by Crippen LogP contribution is -2.20. The van der Waals surface area contributed by atoms with E-state index in [2.05, 4.69) is 15.5 Å². The van der Waals surface area contributed by atoms with Gasteiger partial charge in [0.15, 0.2) is 6.61 Å². The van der Waals surface area contributed by atoms with Crippen LogP contribution in [0.15, 0.2) is 83.3 Å². The molecule has 0 atom stereocenters. The van der Waals surface area contributed by atoms with Gasteiger partial charge < -0.3 is 14.5 Å². The Morgan fingerprint density at radius 2 is 1.59 bits per heavy atom. The molecule has 0 bridgehead atoms. The molecule has 4 aromatic rings. The topological polar surface area (TPSA) is 77.2 Å². The molecule has 0 unspecified atom stereocenters. The van der Waals surface area contributed by atoms with Gasteiger partial charge in [0.25, 0.3) is 11.8 Å². The van der Waals surface area contributed by atoms with Crippen molar-refractivity contribution < 1.29 is 18.3 Å². The Morgan fingerprint density at radius 3 is 2.41 bits per heavy atom. The number of carbonyl (C=O) groups is 1. The summed E-state index contributed by atoms with van der Waals surface area (Å²) in [5.41, 5.74) is 1.45. The van der Waals surface area contributed by atoms with Gasteiger partial charge in [0, 0.05) is 5.56 Å². The predicted octanol–water partition coefficient (Wildman–Crippen LogP) is 4.56. The number of hydrogen-bond acceptors (Lipinski definition) is 5. The molecular formula is C22H16FN3O3. The molecule has 0 radical (unpaired) electrons. The molecule has 29 heavy (non-hydrogen) atoms. The van der Waals surface area contributed by atoms with Crippen molar-refractivity contribution in [2.45, 2.75) is 0 Å². The molecular weight excluding hydrogens is 373 g/mol. The van der Waals surface area contributed by atoms with Crippen LogP contribution in [-0.4, -0.2) is 22.7 Å². The van der Waals surface area contributed by atoms with E-state index in [9.17, 15) is 9.18 Å². The Hall–Kier alpha value is -4.00. The second-order valence-electron chi connectivity index (χ2n) is 6.09. The fraction of sp³-hybridized carbons (Fsp3) is 0.0455. The van der Waals surface area contributed by atoms with Gasteiger partial charge in [-0.05, 0) is 36.4 Å². The maximum absolute atomic E-state index is 13.7. The zero-order valence-electron chi connectivity index (χ0n) is 15.2. The largest absolute Gasteiger partial charge is 0.483 e. The first-order chi connectivity index (χ1) is 14.2. The molecule has 0 spiro atoms. The monoisotopic (exact) mass is 389 g/mol. The molecule has 3 aromatic carbocycles. The van der Waals surface area contributed by atoms with Crippen LogP contribution in [0.5, 0.6) is 5.75 Å². The van der Waals surface area contributed by atoms with Gasteiger partial charge in [-0.1, -0.05) is 42.5 Å². The highest BCUT2D eigenvalue weighted by Crippen LogP contribution is 2.30. The lowest BCUT2D eigenvalue weighted by molar-refractivity contribution is -0.118. The van der Waals surface area contributed by atoms with Crippen LogP contribution in [0, 0.1) is 5.82 Å². The number of ether oxygens (including phenoxy) is 1.